The molecule has 1 aliphatic heterocycles. The van der Waals surface area contributed by atoms with Gasteiger partial charge in [0.2, 0.25) is 5.91 Å². The van der Waals surface area contributed by atoms with Crippen LogP contribution in [-0.2, 0) is 4.79 Å². The van der Waals surface area contributed by atoms with E-state index in [1.807, 2.05) is 11.8 Å². The molecule has 0 aromatic rings. The van der Waals surface area contributed by atoms with Crippen molar-refractivity contribution in [2.45, 2.75) is 32.7 Å². The summed E-state index contributed by atoms with van der Waals surface area (Å²) in [5, 5.41) is 3.29. The van der Waals surface area contributed by atoms with Crippen LogP contribution < -0.4 is 5.32 Å². The number of nitrogens with zero attached hydrogens (tertiary/aromatic N) is 1. The molecule has 1 unspecified atom stereocenters. The van der Waals surface area contributed by atoms with Crippen LogP contribution in [-0.4, -0.2) is 36.0 Å². The quantitative estimate of drug-likeness (QED) is 0.732. The molecule has 0 aromatic heterocycles. The molecule has 4 heteroatoms. The Kier molecular flexibility index (Phi) is 4.71. The lowest BCUT2D eigenvalue weighted by Crippen LogP contribution is -2.50. The highest BCUT2D eigenvalue weighted by Crippen LogP contribution is 2.22. The van der Waals surface area contributed by atoms with E-state index >= 15 is 0 Å². The summed E-state index contributed by atoms with van der Waals surface area (Å²) in [7, 11) is 0. The van der Waals surface area contributed by atoms with Crippen molar-refractivity contribution in [3.63, 3.8) is 0 Å². The second-order valence-corrected chi connectivity index (χ2v) is 3.69. The van der Waals surface area contributed by atoms with Crippen LogP contribution in [0.25, 0.3) is 0 Å². The Morgan fingerprint density at radius 3 is 2.54 bits per heavy atom. The van der Waals surface area contributed by atoms with Gasteiger partial charge in [0, 0.05) is 20.0 Å². The minimum absolute atomic E-state index is 0. The Labute approximate surface area is 86.3 Å². The lowest BCUT2D eigenvalue weighted by molar-refractivity contribution is -0.133. The molecule has 0 bridgehead atoms. The van der Waals surface area contributed by atoms with E-state index in [1.54, 1.807) is 6.92 Å². The average Bonchev–Trinajstić information content (AvgIpc) is 2.37. The highest BCUT2D eigenvalue weighted by atomic mass is 35.5. The predicted octanol–water partition coefficient (Wildman–Crippen LogP) is 1.03. The summed E-state index contributed by atoms with van der Waals surface area (Å²) in [5.74, 6) is 0.184. The summed E-state index contributed by atoms with van der Waals surface area (Å²) in [4.78, 5) is 13.2. The fraction of sp³-hybridized carbons (Fsp3) is 0.889. The van der Waals surface area contributed by atoms with Crippen molar-refractivity contribution in [3.8, 4) is 0 Å². The summed E-state index contributed by atoms with van der Waals surface area (Å²) in [6.45, 7) is 8.60. The van der Waals surface area contributed by atoms with Gasteiger partial charge in [0.1, 0.15) is 0 Å². The third-order valence-electron chi connectivity index (χ3n) is 2.69. The third kappa shape index (κ3) is 2.58. The van der Waals surface area contributed by atoms with Gasteiger partial charge >= 0.3 is 0 Å². The van der Waals surface area contributed by atoms with Crippen LogP contribution in [0.3, 0.4) is 0 Å². The predicted molar refractivity (Wildman–Crippen MR) is 56.2 cm³/mol. The molecule has 1 rings (SSSR count). The molecule has 0 radical (unpaired) electrons. The minimum atomic E-state index is 0. The second-order valence-electron chi connectivity index (χ2n) is 3.69. The first-order chi connectivity index (χ1) is 5.60. The molecule has 13 heavy (non-hydrogen) atoms. The van der Waals surface area contributed by atoms with E-state index in [0.717, 1.165) is 26.1 Å². The SMILES string of the molecule is CCN(C(C)=O)C1(C)CCNC1.Cl. The van der Waals surface area contributed by atoms with Crippen molar-refractivity contribution in [3.05, 3.63) is 0 Å². The van der Waals surface area contributed by atoms with Crippen molar-refractivity contribution >= 4 is 18.3 Å². The Morgan fingerprint density at radius 2 is 2.23 bits per heavy atom. The Hall–Kier alpha value is -0.280. The number of likely N-dealkylation sites (N-methyl/N-ethyl adjacent to an activating group) is 1. The number of hydrogen-bond acceptors (Lipinski definition) is 2. The summed E-state index contributed by atoms with van der Waals surface area (Å²) in [6.07, 6.45) is 1.07. The lowest BCUT2D eigenvalue weighted by atomic mass is 9.99. The zero-order valence-electron chi connectivity index (χ0n) is 8.59. The molecule has 0 aliphatic carbocycles. The summed E-state index contributed by atoms with van der Waals surface area (Å²) >= 11 is 0. The van der Waals surface area contributed by atoms with Gasteiger partial charge in [-0.2, -0.15) is 0 Å². The second kappa shape index (κ2) is 4.82. The smallest absolute Gasteiger partial charge is 0.219 e. The monoisotopic (exact) mass is 206 g/mol. The maximum atomic E-state index is 11.3. The summed E-state index contributed by atoms with van der Waals surface area (Å²) in [6, 6.07) is 0. The molecule has 1 fully saturated rings. The normalized spacial score (nSPS) is 26.7. The third-order valence-corrected chi connectivity index (χ3v) is 2.69. The van der Waals surface area contributed by atoms with Crippen LogP contribution in [0, 0.1) is 0 Å². The van der Waals surface area contributed by atoms with E-state index in [-0.39, 0.29) is 23.9 Å². The van der Waals surface area contributed by atoms with Crippen molar-refractivity contribution in [2.24, 2.45) is 0 Å². The van der Waals surface area contributed by atoms with Gasteiger partial charge < -0.3 is 10.2 Å². The number of carbonyl (C=O) groups is 1. The first-order valence-corrected chi connectivity index (χ1v) is 4.59. The lowest BCUT2D eigenvalue weighted by Gasteiger charge is -2.36. The van der Waals surface area contributed by atoms with Crippen LogP contribution in [0.1, 0.15) is 27.2 Å². The molecule has 0 aromatic carbocycles. The molecule has 0 saturated carbocycles. The van der Waals surface area contributed by atoms with Gasteiger partial charge in [-0.1, -0.05) is 0 Å². The van der Waals surface area contributed by atoms with Crippen molar-refractivity contribution in [1.82, 2.24) is 10.2 Å². The van der Waals surface area contributed by atoms with Crippen LogP contribution in [0.2, 0.25) is 0 Å². The molecule has 78 valence electrons. The highest BCUT2D eigenvalue weighted by Gasteiger charge is 2.35. The molecular formula is C9H19ClN2O. The van der Waals surface area contributed by atoms with Crippen LogP contribution >= 0.6 is 12.4 Å². The average molecular weight is 207 g/mol. The van der Waals surface area contributed by atoms with E-state index in [9.17, 15) is 4.79 Å². The molecule has 1 N–H and O–H groups in total. The topological polar surface area (TPSA) is 32.3 Å². The Morgan fingerprint density at radius 1 is 1.62 bits per heavy atom. The molecule has 0 spiro atoms. The van der Waals surface area contributed by atoms with E-state index in [1.165, 1.54) is 0 Å². The number of halogens is 1. The van der Waals surface area contributed by atoms with Gasteiger partial charge in [0.05, 0.1) is 5.54 Å². The molecule has 1 atom stereocenters. The van der Waals surface area contributed by atoms with Crippen molar-refractivity contribution in [2.75, 3.05) is 19.6 Å². The van der Waals surface area contributed by atoms with Crippen molar-refractivity contribution < 1.29 is 4.79 Å². The van der Waals surface area contributed by atoms with Gasteiger partial charge in [-0.15, -0.1) is 12.4 Å². The highest BCUT2D eigenvalue weighted by molar-refractivity contribution is 5.85. The van der Waals surface area contributed by atoms with Crippen LogP contribution in [0.15, 0.2) is 0 Å². The van der Waals surface area contributed by atoms with Crippen molar-refractivity contribution in [1.29, 1.82) is 0 Å². The maximum Gasteiger partial charge on any atom is 0.219 e. The van der Waals surface area contributed by atoms with Gasteiger partial charge in [0.25, 0.3) is 0 Å². The number of nitrogens with one attached hydrogen (secondary N) is 1. The number of carbonyl (C=O) groups excluding carboxylic acids is 1. The zero-order chi connectivity index (χ0) is 9.19. The number of rotatable bonds is 2. The van der Waals surface area contributed by atoms with Crippen LogP contribution in [0.5, 0.6) is 0 Å². The first-order valence-electron chi connectivity index (χ1n) is 4.59. The summed E-state index contributed by atoms with van der Waals surface area (Å²) < 4.78 is 0. The van der Waals surface area contributed by atoms with E-state index in [0.29, 0.717) is 0 Å². The molecular weight excluding hydrogens is 188 g/mol. The fourth-order valence-corrected chi connectivity index (χ4v) is 2.02. The number of hydrogen-bond donors (Lipinski definition) is 1. The minimum Gasteiger partial charge on any atom is -0.336 e. The maximum absolute atomic E-state index is 11.3. The molecule has 3 nitrogen and oxygen atoms in total. The van der Waals surface area contributed by atoms with E-state index in [4.69, 9.17) is 0 Å². The first kappa shape index (κ1) is 12.7. The van der Waals surface area contributed by atoms with Gasteiger partial charge in [-0.3, -0.25) is 4.79 Å². The Balaban J connectivity index is 0.00000144. The molecule has 1 amide bonds. The standard InChI is InChI=1S/C9H18N2O.ClH/c1-4-11(8(2)12)9(3)5-6-10-7-9;/h10H,4-7H2,1-3H3;1H. The van der Waals surface area contributed by atoms with Gasteiger partial charge in [0.15, 0.2) is 0 Å². The molecule has 1 aliphatic rings. The Bertz CT molecular complexity index is 178. The summed E-state index contributed by atoms with van der Waals surface area (Å²) in [5.41, 5.74) is 0.0561. The van der Waals surface area contributed by atoms with Crippen LogP contribution in [0.4, 0.5) is 0 Å². The van der Waals surface area contributed by atoms with Gasteiger partial charge in [-0.25, -0.2) is 0 Å². The largest absolute Gasteiger partial charge is 0.336 e. The van der Waals surface area contributed by atoms with E-state index in [2.05, 4.69) is 12.2 Å². The van der Waals surface area contributed by atoms with E-state index < -0.39 is 0 Å². The van der Waals surface area contributed by atoms with Gasteiger partial charge in [-0.05, 0) is 26.8 Å². The zero-order valence-corrected chi connectivity index (χ0v) is 9.41. The fourth-order valence-electron chi connectivity index (χ4n) is 2.02. The number of amides is 1. The molecule has 1 heterocycles. The molecule has 1 saturated heterocycles.